The van der Waals surface area contributed by atoms with Crippen LogP contribution in [0.5, 0.6) is 0 Å². The fourth-order valence-corrected chi connectivity index (χ4v) is 4.96. The number of hydrogen-bond donors (Lipinski definition) is 2. The minimum Gasteiger partial charge on any atom is -0.371 e. The van der Waals surface area contributed by atoms with Gasteiger partial charge < -0.3 is 20.0 Å². The molecule has 2 aromatic heterocycles. The van der Waals surface area contributed by atoms with Gasteiger partial charge in [-0.05, 0) is 0 Å². The van der Waals surface area contributed by atoms with E-state index in [2.05, 4.69) is 20.4 Å². The van der Waals surface area contributed by atoms with Crippen LogP contribution in [0.2, 0.25) is 0 Å². The molecule has 0 saturated carbocycles. The Labute approximate surface area is 206 Å². The van der Waals surface area contributed by atoms with Crippen LogP contribution in [0.4, 0.5) is 19.9 Å². The van der Waals surface area contributed by atoms with Crippen LogP contribution in [0.1, 0.15) is 51.6 Å². The lowest BCUT2D eigenvalue weighted by molar-refractivity contribution is 0.183. The summed E-state index contributed by atoms with van der Waals surface area (Å²) in [5.74, 6) is 0. The zero-order chi connectivity index (χ0) is 25.6. The summed E-state index contributed by atoms with van der Waals surface area (Å²) in [6.45, 7) is 12.8. The number of aliphatic hydroxyl groups is 2. The number of carbonyl (C=O) groups excluding carboxylic acids is 2. The van der Waals surface area contributed by atoms with Crippen molar-refractivity contribution < 1.29 is 19.8 Å². The van der Waals surface area contributed by atoms with Gasteiger partial charge >= 0.3 is 12.1 Å². The van der Waals surface area contributed by atoms with Crippen molar-refractivity contribution in [3.8, 4) is 0 Å². The van der Waals surface area contributed by atoms with Gasteiger partial charge in [-0.15, -0.1) is 20.4 Å². The van der Waals surface area contributed by atoms with E-state index in [0.29, 0.717) is 23.4 Å². The van der Waals surface area contributed by atoms with E-state index in [0.717, 1.165) is 10.0 Å². The van der Waals surface area contributed by atoms with E-state index in [1.54, 1.807) is 14.1 Å². The van der Waals surface area contributed by atoms with Gasteiger partial charge in [0.2, 0.25) is 10.3 Å². The van der Waals surface area contributed by atoms with Crippen LogP contribution in [0.15, 0.2) is 0 Å². The first-order valence-corrected chi connectivity index (χ1v) is 12.4. The molecule has 2 unspecified atom stereocenters. The number of rotatable bonds is 2. The molecule has 2 saturated heterocycles. The fourth-order valence-electron chi connectivity index (χ4n) is 3.08. The number of carbonyl (C=O) groups is 2. The van der Waals surface area contributed by atoms with Gasteiger partial charge in [-0.25, -0.2) is 19.4 Å². The molecule has 2 atom stereocenters. The zero-order valence-corrected chi connectivity index (χ0v) is 22.3. The molecule has 4 amide bonds. The Morgan fingerprint density at radius 3 is 1.24 bits per heavy atom. The van der Waals surface area contributed by atoms with E-state index in [1.807, 2.05) is 41.5 Å². The van der Waals surface area contributed by atoms with Crippen LogP contribution in [0.3, 0.4) is 0 Å². The Morgan fingerprint density at radius 2 is 1.03 bits per heavy atom. The first kappa shape index (κ1) is 26.2. The summed E-state index contributed by atoms with van der Waals surface area (Å²) in [5, 5.41) is 38.3. The Hall–Kier alpha value is -2.42. The maximum absolute atomic E-state index is 11.8. The molecule has 188 valence electrons. The summed E-state index contributed by atoms with van der Waals surface area (Å²) in [6.07, 6.45) is -1.68. The second-order valence-electron chi connectivity index (χ2n) is 10.3. The normalized spacial score (nSPS) is 21.5. The number of anilines is 2. The van der Waals surface area contributed by atoms with Crippen LogP contribution in [-0.4, -0.2) is 92.1 Å². The van der Waals surface area contributed by atoms with E-state index < -0.39 is 12.5 Å². The van der Waals surface area contributed by atoms with Gasteiger partial charge in [0, 0.05) is 24.9 Å². The Balaban J connectivity index is 0.000000191. The van der Waals surface area contributed by atoms with Crippen molar-refractivity contribution in [2.45, 2.75) is 64.8 Å². The molecule has 0 bridgehead atoms. The Kier molecular flexibility index (Phi) is 7.18. The number of nitrogens with zero attached hydrogens (tertiary/aromatic N) is 8. The van der Waals surface area contributed by atoms with Gasteiger partial charge in [-0.2, -0.15) is 0 Å². The summed E-state index contributed by atoms with van der Waals surface area (Å²) >= 11 is 2.69. The molecular weight excluding hydrogens is 480 g/mol. The van der Waals surface area contributed by atoms with Crippen molar-refractivity contribution in [1.29, 1.82) is 0 Å². The highest BCUT2D eigenvalue weighted by Gasteiger charge is 2.38. The van der Waals surface area contributed by atoms with Crippen molar-refractivity contribution in [3.05, 3.63) is 10.0 Å². The lowest BCUT2D eigenvalue weighted by atomic mass is 9.98. The van der Waals surface area contributed by atoms with Crippen LogP contribution >= 0.6 is 22.7 Å². The highest BCUT2D eigenvalue weighted by atomic mass is 32.1. The average molecular weight is 513 g/mol. The third-order valence-electron chi connectivity index (χ3n) is 5.06. The Bertz CT molecular complexity index is 962. The second-order valence-corrected chi connectivity index (χ2v) is 12.2. The lowest BCUT2D eigenvalue weighted by Gasteiger charge is -2.15. The number of amides is 4. The number of urea groups is 2. The van der Waals surface area contributed by atoms with Crippen molar-refractivity contribution in [2.75, 3.05) is 37.0 Å². The summed E-state index contributed by atoms with van der Waals surface area (Å²) in [5.41, 5.74) is -0.203. The second kappa shape index (κ2) is 9.32. The minimum atomic E-state index is -0.840. The van der Waals surface area contributed by atoms with Gasteiger partial charge in [-0.1, -0.05) is 64.2 Å². The summed E-state index contributed by atoms with van der Waals surface area (Å²) in [4.78, 5) is 29.1. The van der Waals surface area contributed by atoms with Crippen molar-refractivity contribution in [1.82, 2.24) is 30.2 Å². The largest absolute Gasteiger partial charge is 0.371 e. The van der Waals surface area contributed by atoms with Crippen LogP contribution in [0, 0.1) is 0 Å². The maximum atomic E-state index is 11.8. The van der Waals surface area contributed by atoms with E-state index in [1.165, 1.54) is 42.3 Å². The first-order chi connectivity index (χ1) is 15.6. The van der Waals surface area contributed by atoms with Gasteiger partial charge in [0.25, 0.3) is 0 Å². The topological polar surface area (TPSA) is 139 Å². The fraction of sp³-hybridized carbons (Fsp3) is 0.700. The number of likely N-dealkylation sites (N-methyl/N-ethyl adjacent to an activating group) is 2. The predicted octanol–water partition coefficient (Wildman–Crippen LogP) is 2.05. The van der Waals surface area contributed by atoms with Crippen LogP contribution in [0.25, 0.3) is 0 Å². The molecule has 2 aliphatic rings. The van der Waals surface area contributed by atoms with E-state index in [9.17, 15) is 19.8 Å². The molecule has 4 heterocycles. The first-order valence-electron chi connectivity index (χ1n) is 10.7. The summed E-state index contributed by atoms with van der Waals surface area (Å²) in [7, 11) is 3.30. The molecule has 0 radical (unpaired) electrons. The van der Waals surface area contributed by atoms with Crippen molar-refractivity contribution >= 4 is 45.0 Å². The van der Waals surface area contributed by atoms with E-state index in [-0.39, 0.29) is 22.9 Å². The molecule has 14 heteroatoms. The van der Waals surface area contributed by atoms with Crippen molar-refractivity contribution in [3.63, 3.8) is 0 Å². The molecule has 0 aromatic carbocycles. The molecular formula is C20H32N8O4S2. The molecule has 0 spiro atoms. The predicted molar refractivity (Wildman–Crippen MR) is 130 cm³/mol. The third-order valence-corrected chi connectivity index (χ3v) is 7.76. The van der Waals surface area contributed by atoms with Gasteiger partial charge in [0.1, 0.15) is 10.0 Å². The molecule has 34 heavy (non-hydrogen) atoms. The molecule has 4 rings (SSSR count). The molecule has 2 aromatic rings. The summed E-state index contributed by atoms with van der Waals surface area (Å²) in [6, 6.07) is -0.483. The van der Waals surface area contributed by atoms with E-state index in [4.69, 9.17) is 0 Å². The van der Waals surface area contributed by atoms with Gasteiger partial charge in [0.05, 0.1) is 13.1 Å². The highest BCUT2D eigenvalue weighted by molar-refractivity contribution is 7.15. The molecule has 0 aliphatic carbocycles. The standard InChI is InChI=1S/2C10H16N4O2S/c2*1-10(2,3)7-11-12-8(17-7)14-6(15)5-13(4)9(14)16/h2*6,15H,5H2,1-4H3. The van der Waals surface area contributed by atoms with Crippen LogP contribution in [-0.2, 0) is 10.8 Å². The number of β-amino-alcohol motifs (C(OH)–C–C–N with tert-alkyl or cyclic N) is 2. The molecule has 2 aliphatic heterocycles. The Morgan fingerprint density at radius 1 is 0.706 bits per heavy atom. The van der Waals surface area contributed by atoms with Crippen LogP contribution < -0.4 is 9.80 Å². The van der Waals surface area contributed by atoms with E-state index >= 15 is 0 Å². The molecule has 12 nitrogen and oxygen atoms in total. The zero-order valence-electron chi connectivity index (χ0n) is 20.7. The highest BCUT2D eigenvalue weighted by Crippen LogP contribution is 2.33. The molecule has 2 N–H and O–H groups in total. The average Bonchev–Trinajstić information content (AvgIpc) is 3.45. The number of aliphatic hydroxyl groups excluding tert-OH is 2. The number of aromatic nitrogens is 4. The minimum absolute atomic E-state index is 0.102. The smallest absolute Gasteiger partial charge is 0.328 e. The quantitative estimate of drug-likeness (QED) is 0.623. The maximum Gasteiger partial charge on any atom is 0.328 e. The lowest BCUT2D eigenvalue weighted by Crippen LogP contribution is -2.34. The molecule has 2 fully saturated rings. The van der Waals surface area contributed by atoms with Gasteiger partial charge in [-0.3, -0.25) is 0 Å². The monoisotopic (exact) mass is 512 g/mol. The van der Waals surface area contributed by atoms with Gasteiger partial charge in [0.15, 0.2) is 12.5 Å². The van der Waals surface area contributed by atoms with Crippen molar-refractivity contribution in [2.24, 2.45) is 0 Å². The third kappa shape index (κ3) is 5.29. The SMILES string of the molecule is CN1CC(O)N(c2nnc(C(C)(C)C)s2)C1=O.CN1CC(O)N(c2nnc(C(C)(C)C)s2)C1=O. The summed E-state index contributed by atoms with van der Waals surface area (Å²) < 4.78 is 0. The number of hydrogen-bond acceptors (Lipinski definition) is 10.